The zero-order chi connectivity index (χ0) is 16.0. The minimum absolute atomic E-state index is 0.00812. The Morgan fingerprint density at radius 2 is 2.04 bits per heavy atom. The van der Waals surface area contributed by atoms with Crippen molar-refractivity contribution in [1.82, 2.24) is 15.5 Å². The summed E-state index contributed by atoms with van der Waals surface area (Å²) >= 11 is 0. The number of urea groups is 1. The van der Waals surface area contributed by atoms with Crippen molar-refractivity contribution < 1.29 is 14.4 Å². The van der Waals surface area contributed by atoms with E-state index in [0.29, 0.717) is 19.4 Å². The van der Waals surface area contributed by atoms with Crippen LogP contribution in [0.4, 0.5) is 4.79 Å². The van der Waals surface area contributed by atoms with Gasteiger partial charge in [-0.2, -0.15) is 0 Å². The molecule has 1 aromatic rings. The molecule has 120 valence electrons. The molecule has 4 rings (SSSR count). The molecule has 0 radical (unpaired) electrons. The van der Waals surface area contributed by atoms with Gasteiger partial charge >= 0.3 is 6.03 Å². The van der Waals surface area contributed by atoms with Crippen LogP contribution in [0.1, 0.15) is 29.5 Å². The molecular formula is C17H19N3O3. The monoisotopic (exact) mass is 313 g/mol. The Bertz CT molecular complexity index is 715. The molecule has 1 spiro atoms. The van der Waals surface area contributed by atoms with Gasteiger partial charge in [0.25, 0.3) is 5.91 Å². The van der Waals surface area contributed by atoms with Crippen LogP contribution in [0.3, 0.4) is 0 Å². The second-order valence-corrected chi connectivity index (χ2v) is 6.69. The van der Waals surface area contributed by atoms with Gasteiger partial charge in [0.1, 0.15) is 5.54 Å². The van der Waals surface area contributed by atoms with Crippen molar-refractivity contribution in [3.63, 3.8) is 0 Å². The van der Waals surface area contributed by atoms with Crippen LogP contribution in [0.25, 0.3) is 0 Å². The molecule has 2 fully saturated rings. The quantitative estimate of drug-likeness (QED) is 0.782. The van der Waals surface area contributed by atoms with E-state index in [9.17, 15) is 14.4 Å². The second kappa shape index (κ2) is 5.08. The topological polar surface area (TPSA) is 78.5 Å². The number of likely N-dealkylation sites (tertiary alicyclic amines) is 1. The molecule has 3 aliphatic rings. The van der Waals surface area contributed by atoms with Gasteiger partial charge in [-0.05, 0) is 42.4 Å². The third kappa shape index (κ3) is 2.38. The molecule has 1 aromatic carbocycles. The minimum Gasteiger partial charge on any atom is -0.339 e. The van der Waals surface area contributed by atoms with Crippen LogP contribution >= 0.6 is 0 Å². The number of amides is 4. The van der Waals surface area contributed by atoms with Crippen LogP contribution in [0.15, 0.2) is 18.2 Å². The average Bonchev–Trinajstić information content (AvgIpc) is 3.19. The SMILES string of the molecule is O=C1NC(=O)[C@@]2(CCN(C(=O)Cc3ccc4c(c3)CCC4)C2)N1. The first-order valence-corrected chi connectivity index (χ1v) is 8.08. The number of nitrogens with one attached hydrogen (secondary N) is 2. The Labute approximate surface area is 134 Å². The summed E-state index contributed by atoms with van der Waals surface area (Å²) in [7, 11) is 0. The lowest BCUT2D eigenvalue weighted by atomic mass is 9.99. The van der Waals surface area contributed by atoms with Crippen LogP contribution < -0.4 is 10.6 Å². The molecule has 2 N–H and O–H groups in total. The van der Waals surface area contributed by atoms with Crippen molar-refractivity contribution >= 4 is 17.8 Å². The fourth-order valence-corrected chi connectivity index (χ4v) is 3.86. The van der Waals surface area contributed by atoms with E-state index in [1.807, 2.05) is 6.07 Å². The maximum Gasteiger partial charge on any atom is 0.322 e. The highest BCUT2D eigenvalue weighted by Gasteiger charge is 2.51. The summed E-state index contributed by atoms with van der Waals surface area (Å²) in [5.41, 5.74) is 2.85. The van der Waals surface area contributed by atoms with Crippen LogP contribution in [0, 0.1) is 0 Å². The summed E-state index contributed by atoms with van der Waals surface area (Å²) in [5.74, 6) is -0.316. The van der Waals surface area contributed by atoms with E-state index in [2.05, 4.69) is 22.8 Å². The van der Waals surface area contributed by atoms with Gasteiger partial charge in [-0.3, -0.25) is 14.9 Å². The van der Waals surface area contributed by atoms with Gasteiger partial charge in [-0.1, -0.05) is 18.2 Å². The lowest BCUT2D eigenvalue weighted by Crippen LogP contribution is -2.49. The third-order valence-corrected chi connectivity index (χ3v) is 5.15. The van der Waals surface area contributed by atoms with Gasteiger partial charge < -0.3 is 10.2 Å². The number of imide groups is 1. The molecule has 23 heavy (non-hydrogen) atoms. The molecular weight excluding hydrogens is 294 g/mol. The van der Waals surface area contributed by atoms with E-state index in [4.69, 9.17) is 0 Å². The molecule has 1 aliphatic carbocycles. The Morgan fingerprint density at radius 1 is 1.22 bits per heavy atom. The number of carbonyl (C=O) groups is 3. The number of hydrogen-bond acceptors (Lipinski definition) is 3. The molecule has 6 heteroatoms. The number of nitrogens with zero attached hydrogens (tertiary/aromatic N) is 1. The molecule has 0 unspecified atom stereocenters. The van der Waals surface area contributed by atoms with Crippen LogP contribution in [0.2, 0.25) is 0 Å². The highest BCUT2D eigenvalue weighted by atomic mass is 16.2. The first-order valence-electron chi connectivity index (χ1n) is 8.08. The van der Waals surface area contributed by atoms with Crippen molar-refractivity contribution in [2.45, 2.75) is 37.6 Å². The van der Waals surface area contributed by atoms with Crippen LogP contribution in [0.5, 0.6) is 0 Å². The first kappa shape index (κ1) is 14.2. The lowest BCUT2D eigenvalue weighted by Gasteiger charge is -2.21. The Hall–Kier alpha value is -2.37. The lowest BCUT2D eigenvalue weighted by molar-refractivity contribution is -0.130. The van der Waals surface area contributed by atoms with Gasteiger partial charge in [0, 0.05) is 6.54 Å². The summed E-state index contributed by atoms with van der Waals surface area (Å²) < 4.78 is 0. The van der Waals surface area contributed by atoms with Crippen molar-refractivity contribution in [3.8, 4) is 0 Å². The van der Waals surface area contributed by atoms with Gasteiger partial charge in [-0.15, -0.1) is 0 Å². The van der Waals surface area contributed by atoms with E-state index < -0.39 is 11.6 Å². The first-order chi connectivity index (χ1) is 11.1. The number of aryl methyl sites for hydroxylation is 2. The molecule has 2 saturated heterocycles. The summed E-state index contributed by atoms with van der Waals surface area (Å²) in [6.07, 6.45) is 4.24. The number of rotatable bonds is 2. The third-order valence-electron chi connectivity index (χ3n) is 5.15. The summed E-state index contributed by atoms with van der Waals surface area (Å²) in [6, 6.07) is 5.82. The maximum absolute atomic E-state index is 12.5. The number of fused-ring (bicyclic) bond motifs is 1. The molecule has 0 aromatic heterocycles. The van der Waals surface area contributed by atoms with E-state index >= 15 is 0 Å². The highest BCUT2D eigenvalue weighted by Crippen LogP contribution is 2.26. The normalized spacial score (nSPS) is 25.7. The smallest absolute Gasteiger partial charge is 0.322 e. The summed E-state index contributed by atoms with van der Waals surface area (Å²) in [5, 5.41) is 4.93. The molecule has 4 amide bonds. The Morgan fingerprint density at radius 3 is 2.83 bits per heavy atom. The standard InChI is InChI=1S/C17H19N3O3/c21-14(9-11-4-5-12-2-1-3-13(12)8-11)20-7-6-17(10-20)15(22)18-16(23)19-17/h4-5,8H,1-3,6-7,9-10H2,(H2,18,19,22,23)/t17-/m0/s1. The van der Waals surface area contributed by atoms with Gasteiger partial charge in [0.2, 0.25) is 5.91 Å². The van der Waals surface area contributed by atoms with Gasteiger partial charge in [0.15, 0.2) is 0 Å². The van der Waals surface area contributed by atoms with Crippen LogP contribution in [-0.2, 0) is 28.9 Å². The summed E-state index contributed by atoms with van der Waals surface area (Å²) in [6.45, 7) is 0.756. The van der Waals surface area contributed by atoms with E-state index in [-0.39, 0.29) is 18.4 Å². The molecule has 0 saturated carbocycles. The zero-order valence-corrected chi connectivity index (χ0v) is 12.9. The molecule has 2 heterocycles. The zero-order valence-electron chi connectivity index (χ0n) is 12.9. The predicted molar refractivity (Wildman–Crippen MR) is 82.8 cm³/mol. The van der Waals surface area contributed by atoms with E-state index in [0.717, 1.165) is 18.4 Å². The second-order valence-electron chi connectivity index (χ2n) is 6.69. The largest absolute Gasteiger partial charge is 0.339 e. The van der Waals surface area contributed by atoms with Gasteiger partial charge in [0.05, 0.1) is 13.0 Å². The summed E-state index contributed by atoms with van der Waals surface area (Å²) in [4.78, 5) is 37.5. The van der Waals surface area contributed by atoms with E-state index in [1.54, 1.807) is 4.90 Å². The maximum atomic E-state index is 12.5. The number of carbonyl (C=O) groups excluding carboxylic acids is 3. The van der Waals surface area contributed by atoms with E-state index in [1.165, 1.54) is 17.5 Å². The van der Waals surface area contributed by atoms with Crippen LogP contribution in [-0.4, -0.2) is 41.4 Å². The molecule has 0 bridgehead atoms. The fraction of sp³-hybridized carbons (Fsp3) is 0.471. The highest BCUT2D eigenvalue weighted by molar-refractivity contribution is 6.07. The predicted octanol–water partition coefficient (Wildman–Crippen LogP) is 0.528. The average molecular weight is 313 g/mol. The Balaban J connectivity index is 1.44. The molecule has 1 atom stereocenters. The van der Waals surface area contributed by atoms with Crippen molar-refractivity contribution in [1.29, 1.82) is 0 Å². The van der Waals surface area contributed by atoms with Gasteiger partial charge in [-0.25, -0.2) is 4.79 Å². The number of benzene rings is 1. The number of hydrogen-bond donors (Lipinski definition) is 2. The fourth-order valence-electron chi connectivity index (χ4n) is 3.86. The van der Waals surface area contributed by atoms with Crippen molar-refractivity contribution in [2.24, 2.45) is 0 Å². The molecule has 2 aliphatic heterocycles. The van der Waals surface area contributed by atoms with Crippen molar-refractivity contribution in [2.75, 3.05) is 13.1 Å². The minimum atomic E-state index is -0.926. The molecule has 6 nitrogen and oxygen atoms in total. The van der Waals surface area contributed by atoms with Crippen molar-refractivity contribution in [3.05, 3.63) is 34.9 Å². The Kier molecular flexibility index (Phi) is 3.14.